The summed E-state index contributed by atoms with van der Waals surface area (Å²) in [5.41, 5.74) is 2.58. The zero-order chi connectivity index (χ0) is 34.2. The lowest BCUT2D eigenvalue weighted by Gasteiger charge is -2.28. The second-order valence-corrected chi connectivity index (χ2v) is 10.9. The number of ether oxygens (including phenoxy) is 3. The smallest absolute Gasteiger partial charge is 0.407 e. The monoisotopic (exact) mass is 663 g/mol. The van der Waals surface area contributed by atoms with Crippen LogP contribution in [0.3, 0.4) is 0 Å². The number of amides is 4. The molecule has 0 aliphatic rings. The molecule has 0 aromatic heterocycles. The van der Waals surface area contributed by atoms with E-state index in [2.05, 4.69) is 21.3 Å². The fourth-order valence-electron chi connectivity index (χ4n) is 4.64. The van der Waals surface area contributed by atoms with Gasteiger partial charge in [-0.05, 0) is 36.0 Å². The maximum Gasteiger partial charge on any atom is 0.407 e. The Morgan fingerprint density at radius 3 is 1.46 bits per heavy atom. The van der Waals surface area contributed by atoms with Gasteiger partial charge in [-0.2, -0.15) is 0 Å². The largest absolute Gasteiger partial charge is 0.465 e. The minimum absolute atomic E-state index is 0.107. The predicted molar refractivity (Wildman–Crippen MR) is 179 cm³/mol. The van der Waals surface area contributed by atoms with Gasteiger partial charge >= 0.3 is 24.4 Å². The quantitative estimate of drug-likeness (QED) is 0.0837. The second-order valence-electron chi connectivity index (χ2n) is 10.9. The highest BCUT2D eigenvalue weighted by Crippen LogP contribution is 2.07. The second kappa shape index (κ2) is 22.3. The molecule has 13 nitrogen and oxygen atoms in total. The molecule has 0 heterocycles. The summed E-state index contributed by atoms with van der Waals surface area (Å²) in [4.78, 5) is 50.3. The maximum atomic E-state index is 12.8. The molecule has 1 atom stereocenters. The number of hydrogen-bond donors (Lipinski definition) is 5. The topological polar surface area (TPSA) is 168 Å². The van der Waals surface area contributed by atoms with Gasteiger partial charge in [-0.3, -0.25) is 4.90 Å². The summed E-state index contributed by atoms with van der Waals surface area (Å²) in [6, 6.07) is 27.6. The summed E-state index contributed by atoms with van der Waals surface area (Å²) in [5.74, 6) is 0. The summed E-state index contributed by atoms with van der Waals surface area (Å²) in [5, 5.41) is 19.7. The first-order valence-corrected chi connectivity index (χ1v) is 15.9. The van der Waals surface area contributed by atoms with Crippen LogP contribution in [-0.2, 0) is 34.0 Å². The molecule has 0 saturated heterocycles. The van der Waals surface area contributed by atoms with E-state index in [1.54, 1.807) is 0 Å². The highest BCUT2D eigenvalue weighted by atomic mass is 16.6. The van der Waals surface area contributed by atoms with Crippen LogP contribution < -0.4 is 21.3 Å². The third kappa shape index (κ3) is 16.9. The molecule has 3 aromatic rings. The molecule has 1 unspecified atom stereocenters. The van der Waals surface area contributed by atoms with Gasteiger partial charge in [-0.15, -0.1) is 0 Å². The van der Waals surface area contributed by atoms with Gasteiger partial charge in [0.25, 0.3) is 0 Å². The van der Waals surface area contributed by atoms with Crippen molar-refractivity contribution in [3.63, 3.8) is 0 Å². The Bertz CT molecular complexity index is 1300. The normalized spacial score (nSPS) is 11.2. The van der Waals surface area contributed by atoms with Gasteiger partial charge in [-0.25, -0.2) is 19.2 Å². The van der Waals surface area contributed by atoms with Crippen LogP contribution in [-0.4, -0.2) is 79.7 Å². The molecule has 13 heteroatoms. The number of carbonyl (C=O) groups excluding carboxylic acids is 3. The van der Waals surface area contributed by atoms with Gasteiger partial charge in [0.1, 0.15) is 19.8 Å². The van der Waals surface area contributed by atoms with E-state index in [1.165, 1.54) is 0 Å². The Hall–Kier alpha value is -5.30. The molecule has 0 bridgehead atoms. The third-order valence-corrected chi connectivity index (χ3v) is 7.09. The van der Waals surface area contributed by atoms with Gasteiger partial charge in [0, 0.05) is 45.3 Å². The highest BCUT2D eigenvalue weighted by Gasteiger charge is 2.18. The minimum Gasteiger partial charge on any atom is -0.465 e. The SMILES string of the molecule is O=C(O)NCCCCC(CN(CCNC(=O)OCc1ccccc1)CCNC(=O)OCc1ccccc1)NC(=O)OCc1ccccc1. The molecule has 0 saturated carbocycles. The Morgan fingerprint density at radius 1 is 0.583 bits per heavy atom. The average molecular weight is 664 g/mol. The highest BCUT2D eigenvalue weighted by molar-refractivity contribution is 5.68. The minimum atomic E-state index is -1.09. The van der Waals surface area contributed by atoms with Crippen molar-refractivity contribution >= 4 is 24.4 Å². The van der Waals surface area contributed by atoms with E-state index in [0.717, 1.165) is 16.7 Å². The van der Waals surface area contributed by atoms with E-state index in [4.69, 9.17) is 19.3 Å². The number of benzene rings is 3. The Kier molecular flexibility index (Phi) is 17.2. The van der Waals surface area contributed by atoms with Gasteiger partial charge in [0.05, 0.1) is 0 Å². The van der Waals surface area contributed by atoms with E-state index in [-0.39, 0.29) is 45.5 Å². The lowest BCUT2D eigenvalue weighted by atomic mass is 10.1. The summed E-state index contributed by atoms with van der Waals surface area (Å²) in [6.45, 7) is 2.31. The van der Waals surface area contributed by atoms with E-state index < -0.39 is 24.4 Å². The molecule has 0 fully saturated rings. The van der Waals surface area contributed by atoms with Crippen molar-refractivity contribution in [3.05, 3.63) is 108 Å². The number of unbranched alkanes of at least 4 members (excludes halogenated alkanes) is 1. The van der Waals surface area contributed by atoms with Crippen molar-refractivity contribution in [1.82, 2.24) is 26.2 Å². The number of alkyl carbamates (subject to hydrolysis) is 3. The van der Waals surface area contributed by atoms with E-state index in [0.29, 0.717) is 38.9 Å². The van der Waals surface area contributed by atoms with Gasteiger partial charge in [-0.1, -0.05) is 91.0 Å². The third-order valence-electron chi connectivity index (χ3n) is 7.09. The molecule has 0 radical (unpaired) electrons. The lowest BCUT2D eigenvalue weighted by Crippen LogP contribution is -2.48. The average Bonchev–Trinajstić information content (AvgIpc) is 3.10. The molecule has 4 amide bonds. The van der Waals surface area contributed by atoms with Gasteiger partial charge < -0.3 is 40.6 Å². The van der Waals surface area contributed by atoms with Crippen molar-refractivity contribution < 1.29 is 38.5 Å². The zero-order valence-corrected chi connectivity index (χ0v) is 27.0. The maximum absolute atomic E-state index is 12.8. The molecule has 3 aromatic carbocycles. The Balaban J connectivity index is 1.56. The molecule has 0 spiro atoms. The van der Waals surface area contributed by atoms with Gasteiger partial charge in [0.2, 0.25) is 0 Å². The lowest BCUT2D eigenvalue weighted by molar-refractivity contribution is 0.128. The predicted octanol–water partition coefficient (Wildman–Crippen LogP) is 4.87. The number of nitrogens with one attached hydrogen (secondary N) is 4. The number of hydrogen-bond acceptors (Lipinski definition) is 8. The van der Waals surface area contributed by atoms with Crippen LogP contribution in [0, 0.1) is 0 Å². The van der Waals surface area contributed by atoms with E-state index >= 15 is 0 Å². The summed E-state index contributed by atoms with van der Waals surface area (Å²) in [6.07, 6.45) is -1.06. The van der Waals surface area contributed by atoms with Crippen molar-refractivity contribution in [1.29, 1.82) is 0 Å². The molecule has 258 valence electrons. The van der Waals surface area contributed by atoms with E-state index in [9.17, 15) is 19.2 Å². The number of nitrogens with zero attached hydrogens (tertiary/aromatic N) is 1. The fourth-order valence-corrected chi connectivity index (χ4v) is 4.64. The van der Waals surface area contributed by atoms with Gasteiger partial charge in [0.15, 0.2) is 0 Å². The van der Waals surface area contributed by atoms with Crippen LogP contribution in [0.25, 0.3) is 0 Å². The van der Waals surface area contributed by atoms with Crippen LogP contribution in [0.2, 0.25) is 0 Å². The number of carbonyl (C=O) groups is 4. The van der Waals surface area contributed by atoms with Crippen LogP contribution in [0.15, 0.2) is 91.0 Å². The Morgan fingerprint density at radius 2 is 1.02 bits per heavy atom. The first-order valence-electron chi connectivity index (χ1n) is 15.9. The van der Waals surface area contributed by atoms with Crippen LogP contribution in [0.1, 0.15) is 36.0 Å². The zero-order valence-electron chi connectivity index (χ0n) is 27.0. The Labute approximate surface area is 280 Å². The van der Waals surface area contributed by atoms with Crippen LogP contribution >= 0.6 is 0 Å². The number of rotatable bonds is 20. The summed E-state index contributed by atoms with van der Waals surface area (Å²) in [7, 11) is 0. The molecule has 0 aliphatic carbocycles. The molecule has 0 aliphatic heterocycles. The molecular weight excluding hydrogens is 618 g/mol. The molecular formula is C35H45N5O8. The van der Waals surface area contributed by atoms with Crippen molar-refractivity contribution in [3.8, 4) is 0 Å². The van der Waals surface area contributed by atoms with Crippen molar-refractivity contribution in [2.75, 3.05) is 39.3 Å². The molecule has 3 rings (SSSR count). The van der Waals surface area contributed by atoms with Crippen LogP contribution in [0.4, 0.5) is 19.2 Å². The standard InChI is InChI=1S/C35H45N5O8/c41-32(42)36-19-11-10-18-31(39-35(45)48-27-30-16-8-3-9-17-30)24-40(22-20-37-33(43)46-25-28-12-4-1-5-13-28)23-21-38-34(44)47-26-29-14-6-2-7-15-29/h1-9,12-17,31,36H,10-11,18-27H2,(H,37,43)(H,38,44)(H,39,45)(H,41,42). The van der Waals surface area contributed by atoms with Crippen LogP contribution in [0.5, 0.6) is 0 Å². The number of carboxylic acid groups (broad SMARTS) is 1. The van der Waals surface area contributed by atoms with Crippen molar-refractivity contribution in [2.24, 2.45) is 0 Å². The fraction of sp³-hybridized carbons (Fsp3) is 0.371. The summed E-state index contributed by atoms with van der Waals surface area (Å²) < 4.78 is 16.1. The summed E-state index contributed by atoms with van der Waals surface area (Å²) >= 11 is 0. The first kappa shape index (κ1) is 37.2. The van der Waals surface area contributed by atoms with E-state index in [1.807, 2.05) is 95.9 Å². The molecule has 5 N–H and O–H groups in total. The van der Waals surface area contributed by atoms with Crippen molar-refractivity contribution in [2.45, 2.75) is 45.1 Å². The first-order chi connectivity index (χ1) is 23.4. The molecule has 48 heavy (non-hydrogen) atoms.